The largest absolute Gasteiger partial charge is 0.325 e. The highest BCUT2D eigenvalue weighted by Gasteiger charge is 2.54. The van der Waals surface area contributed by atoms with E-state index in [1.54, 1.807) is 77.4 Å². The van der Waals surface area contributed by atoms with Gasteiger partial charge in [-0.2, -0.15) is 17.4 Å². The molecule has 4 bridgehead atoms. The van der Waals surface area contributed by atoms with Crippen LogP contribution in [0.2, 0.25) is 0 Å². The first-order valence-corrected chi connectivity index (χ1v) is 28.5. The van der Waals surface area contributed by atoms with Crippen molar-refractivity contribution in [3.8, 4) is 0 Å². The lowest BCUT2D eigenvalue weighted by molar-refractivity contribution is 0.0866. The minimum Gasteiger partial charge on any atom is -0.325 e. The predicted molar refractivity (Wildman–Crippen MR) is 259 cm³/mol. The Morgan fingerprint density at radius 2 is 1.09 bits per heavy atom. The lowest BCUT2D eigenvalue weighted by Crippen LogP contribution is -2.60. The minimum absolute atomic E-state index is 0.101. The molecule has 22 heteroatoms. The normalized spacial score (nSPS) is 27.5. The van der Waals surface area contributed by atoms with E-state index in [0.717, 1.165) is 67.7 Å². The number of hydrogen-bond acceptors (Lipinski definition) is 13. The molecule has 1 aliphatic heterocycles. The second-order valence-electron chi connectivity index (χ2n) is 21.0. The number of hydrogen-bond donors (Lipinski definition) is 2. The molecule has 15 rings (SSSR count). The monoisotopic (exact) mass is 1000 g/mol. The van der Waals surface area contributed by atoms with Crippen LogP contribution in [-0.4, -0.2) is 100 Å². The van der Waals surface area contributed by atoms with Crippen LogP contribution in [0, 0.1) is 6.92 Å². The highest BCUT2D eigenvalue weighted by molar-refractivity contribution is 7.90. The van der Waals surface area contributed by atoms with Gasteiger partial charge in [-0.25, -0.2) is 34.7 Å². The van der Waals surface area contributed by atoms with Gasteiger partial charge in [0.25, 0.3) is 30.3 Å². The number of aryl methyl sites for hydroxylation is 1. The van der Waals surface area contributed by atoms with E-state index in [-0.39, 0.29) is 37.8 Å². The van der Waals surface area contributed by atoms with E-state index in [1.165, 1.54) is 20.3 Å². The molecule has 19 nitrogen and oxygen atoms in total. The molecule has 6 saturated carbocycles. The second-order valence-corrected chi connectivity index (χ2v) is 26.2. The first kappa shape index (κ1) is 44.3. The molecule has 1 unspecified atom stereocenters. The van der Waals surface area contributed by atoms with Crippen LogP contribution < -0.4 is 10.5 Å². The fourth-order valence-electron chi connectivity index (χ4n) is 12.8. The fourth-order valence-corrected chi connectivity index (χ4v) is 17.3. The third-order valence-corrected chi connectivity index (χ3v) is 22.2. The van der Waals surface area contributed by atoms with Gasteiger partial charge in [-0.3, -0.25) is 8.80 Å². The van der Waals surface area contributed by atoms with Crippen molar-refractivity contribution in [3.63, 3.8) is 0 Å². The lowest BCUT2D eigenvalue weighted by Gasteiger charge is -2.52. The van der Waals surface area contributed by atoms with Crippen molar-refractivity contribution in [3.05, 3.63) is 108 Å². The average Bonchev–Trinajstić information content (AvgIpc) is 4.22. The first-order valence-electron chi connectivity index (χ1n) is 24.2. The molecule has 1 saturated heterocycles. The molecule has 7 fully saturated rings. The number of fused-ring (bicyclic) bond motifs is 12. The van der Waals surface area contributed by atoms with Gasteiger partial charge in [0.2, 0.25) is 0 Å². The summed E-state index contributed by atoms with van der Waals surface area (Å²) in [5.74, 6) is 1.58. The van der Waals surface area contributed by atoms with Crippen LogP contribution in [0.1, 0.15) is 113 Å². The quantitative estimate of drug-likeness (QED) is 0.164. The lowest BCUT2D eigenvalue weighted by atomic mass is 9.57. The van der Waals surface area contributed by atoms with Crippen LogP contribution in [-0.2, 0) is 47.5 Å². The molecule has 70 heavy (non-hydrogen) atoms. The number of nitrogens with two attached hydrogens (primary N) is 1. The van der Waals surface area contributed by atoms with Gasteiger partial charge < -0.3 is 5.73 Å². The second kappa shape index (κ2) is 15.2. The van der Waals surface area contributed by atoms with Gasteiger partial charge in [-0.15, -0.1) is 20.4 Å². The summed E-state index contributed by atoms with van der Waals surface area (Å²) >= 11 is 0. The maximum atomic E-state index is 14.4. The van der Waals surface area contributed by atoms with Crippen LogP contribution in [0.5, 0.6) is 0 Å². The van der Waals surface area contributed by atoms with E-state index < -0.39 is 35.8 Å². The molecule has 7 aliphatic rings. The fraction of sp³-hybridized carbons (Fsp3) is 0.458. The molecule has 1 atom stereocenters. The Labute approximate surface area is 404 Å². The van der Waals surface area contributed by atoms with E-state index in [2.05, 4.69) is 35.1 Å². The molecule has 6 aliphatic carbocycles. The van der Waals surface area contributed by atoms with Crippen molar-refractivity contribution in [2.24, 2.45) is 5.73 Å². The van der Waals surface area contributed by atoms with Gasteiger partial charge in [-0.1, -0.05) is 29.8 Å². The average molecular weight is 1000 g/mol. The van der Waals surface area contributed by atoms with Crippen LogP contribution in [0.3, 0.4) is 0 Å². The highest BCUT2D eigenvalue weighted by atomic mass is 32.2. The molecular weight excluding hydrogens is 951 g/mol. The zero-order valence-electron chi connectivity index (χ0n) is 38.6. The summed E-state index contributed by atoms with van der Waals surface area (Å²) < 4.78 is 95.9. The van der Waals surface area contributed by atoms with Crippen molar-refractivity contribution >= 4 is 63.9 Å². The number of aromatic nitrogens is 10. The van der Waals surface area contributed by atoms with Crippen LogP contribution in [0.15, 0.2) is 95.2 Å². The number of nitrogens with zero attached hydrogens (tertiary/aromatic N) is 11. The van der Waals surface area contributed by atoms with E-state index in [9.17, 15) is 25.3 Å². The standard InChI is InChI=1S/C48H53N13O6S3/c1-32-4-8-35(9-5-32)68(62,63)58-27-12-38-41(58)50-31-40-53-55-44(61(38)40)46-17-23-48(24-18-46,25-19-46)56-70(66,67)57-26-2-3-34(57)29-33-6-10-36(11-7-33)69(64,65)59-28-13-37-42(59)51-30-39-52-54-43(60(37)39)45-14-20-47(49,21-15-45)22-16-45/h4-13,27-28,30-31,34,56H,2-3,14-26,29,49H2,1H3. The van der Waals surface area contributed by atoms with Crippen molar-refractivity contribution in [1.29, 1.82) is 0 Å². The first-order chi connectivity index (χ1) is 33.5. The van der Waals surface area contributed by atoms with Crippen LogP contribution in [0.4, 0.5) is 0 Å². The Bertz CT molecular complexity index is 3740. The van der Waals surface area contributed by atoms with E-state index in [4.69, 9.17) is 5.73 Å². The molecule has 6 aromatic heterocycles. The molecule has 8 aromatic rings. The summed E-state index contributed by atoms with van der Waals surface area (Å²) in [6.45, 7) is 2.30. The third kappa shape index (κ3) is 6.62. The van der Waals surface area contributed by atoms with Gasteiger partial charge >= 0.3 is 0 Å². The van der Waals surface area contributed by atoms with E-state index in [0.29, 0.717) is 85.9 Å². The Balaban J connectivity index is 0.702. The summed E-state index contributed by atoms with van der Waals surface area (Å²) in [4.78, 5) is 9.35. The highest BCUT2D eigenvalue weighted by Crippen LogP contribution is 2.54. The number of nitrogens with one attached hydrogen (secondary N) is 1. The summed E-state index contributed by atoms with van der Waals surface area (Å²) in [6, 6.07) is 16.7. The van der Waals surface area contributed by atoms with Crippen LogP contribution in [0.25, 0.3) is 33.6 Å². The van der Waals surface area contributed by atoms with Crippen molar-refractivity contribution in [2.75, 3.05) is 6.54 Å². The summed E-state index contributed by atoms with van der Waals surface area (Å²) in [7, 11) is -11.9. The van der Waals surface area contributed by atoms with E-state index in [1.807, 2.05) is 15.7 Å². The van der Waals surface area contributed by atoms with Gasteiger partial charge in [-0.05, 0) is 145 Å². The molecular formula is C48H53N13O6S3. The molecule has 0 radical (unpaired) electrons. The molecule has 2 aromatic carbocycles. The number of rotatable bonds is 11. The zero-order valence-corrected chi connectivity index (χ0v) is 41.1. The Morgan fingerprint density at radius 1 is 0.614 bits per heavy atom. The zero-order chi connectivity index (χ0) is 48.1. The number of benzene rings is 2. The Morgan fingerprint density at radius 3 is 1.59 bits per heavy atom. The van der Waals surface area contributed by atoms with Gasteiger partial charge in [0.05, 0.1) is 33.2 Å². The molecule has 0 amide bonds. The van der Waals surface area contributed by atoms with Gasteiger partial charge in [0.1, 0.15) is 11.6 Å². The molecule has 364 valence electrons. The van der Waals surface area contributed by atoms with Gasteiger partial charge in [0.15, 0.2) is 22.6 Å². The molecule has 0 spiro atoms. The molecule has 7 heterocycles. The summed E-state index contributed by atoms with van der Waals surface area (Å²) in [5, 5.41) is 18.2. The minimum atomic E-state index is -4.06. The summed E-state index contributed by atoms with van der Waals surface area (Å²) in [5.41, 5.74) is 10.0. The predicted octanol–water partition coefficient (Wildman–Crippen LogP) is 5.44. The summed E-state index contributed by atoms with van der Waals surface area (Å²) in [6.07, 6.45) is 17.4. The maximum Gasteiger partial charge on any atom is 0.280 e. The van der Waals surface area contributed by atoms with Crippen molar-refractivity contribution in [1.82, 2.24) is 56.1 Å². The smallest absolute Gasteiger partial charge is 0.280 e. The van der Waals surface area contributed by atoms with Crippen molar-refractivity contribution < 1.29 is 25.3 Å². The topological polar surface area (TPSA) is 240 Å². The SMILES string of the molecule is Cc1ccc(S(=O)(=O)n2ccc3c2ncc2nnc(C45CCC(NS(=O)(=O)N6CCCC6Cc6ccc(S(=O)(=O)n7ccc8c7ncc7nnc(C9%10CCC(N)(CC9)CC%10)n78)cc6)(CC4)CC5)n23)cc1. The maximum absolute atomic E-state index is 14.4. The Kier molecular flexibility index (Phi) is 9.61. The molecule has 3 N–H and O–H groups in total. The van der Waals surface area contributed by atoms with E-state index >= 15 is 0 Å². The third-order valence-electron chi connectivity index (χ3n) is 17.1. The van der Waals surface area contributed by atoms with Crippen LogP contribution >= 0.6 is 0 Å². The van der Waals surface area contributed by atoms with Gasteiger partial charge in [0, 0.05) is 46.9 Å². The van der Waals surface area contributed by atoms with Crippen molar-refractivity contribution in [2.45, 2.75) is 141 Å². The Hall–Kier alpha value is -5.65.